The van der Waals surface area contributed by atoms with Crippen LogP contribution in [0.1, 0.15) is 27.7 Å². The van der Waals surface area contributed by atoms with Gasteiger partial charge in [-0.25, -0.2) is 4.79 Å². The zero-order valence-corrected chi connectivity index (χ0v) is 8.26. The molecule has 0 unspecified atom stereocenters. The van der Waals surface area contributed by atoms with Crippen molar-refractivity contribution in [3.63, 3.8) is 0 Å². The van der Waals surface area contributed by atoms with Gasteiger partial charge < -0.3 is 4.84 Å². The second-order valence-corrected chi connectivity index (χ2v) is 2.46. The Morgan fingerprint density at radius 2 is 1.92 bits per heavy atom. The highest BCUT2D eigenvalue weighted by atomic mass is 16.7. The van der Waals surface area contributed by atoms with E-state index in [0.717, 1.165) is 13.1 Å². The highest BCUT2D eigenvalue weighted by Gasteiger charge is 2.08. The summed E-state index contributed by atoms with van der Waals surface area (Å²) in [5.74, 6) is -0.263. The topological polar surface area (TPSA) is 29.5 Å². The molecule has 0 aliphatic carbocycles. The molecule has 0 saturated heterocycles. The summed E-state index contributed by atoms with van der Waals surface area (Å²) in [6, 6.07) is 0. The van der Waals surface area contributed by atoms with E-state index in [2.05, 4.69) is 0 Å². The lowest BCUT2D eigenvalue weighted by atomic mass is 10.3. The van der Waals surface area contributed by atoms with Gasteiger partial charge in [0.15, 0.2) is 0 Å². The van der Waals surface area contributed by atoms with E-state index in [1.807, 2.05) is 20.8 Å². The average molecular weight is 171 g/mol. The summed E-state index contributed by atoms with van der Waals surface area (Å²) in [6.45, 7) is 8.90. The number of hydrogen-bond donors (Lipinski definition) is 0. The van der Waals surface area contributed by atoms with Gasteiger partial charge in [-0.2, -0.15) is 0 Å². The number of carbonyl (C=O) groups is 1. The van der Waals surface area contributed by atoms with Gasteiger partial charge in [0.1, 0.15) is 0 Å². The van der Waals surface area contributed by atoms with Crippen LogP contribution >= 0.6 is 0 Å². The minimum Gasteiger partial charge on any atom is -0.364 e. The Bertz CT molecular complexity index is 171. The number of hydrogen-bond acceptors (Lipinski definition) is 3. The predicted octanol–water partition coefficient (Wildman–Crippen LogP) is 1.75. The molecular weight excluding hydrogens is 154 g/mol. The van der Waals surface area contributed by atoms with Crippen molar-refractivity contribution in [2.75, 3.05) is 13.1 Å². The quantitative estimate of drug-likeness (QED) is 0.476. The molecule has 0 aliphatic heterocycles. The van der Waals surface area contributed by atoms with Gasteiger partial charge in [0.25, 0.3) is 0 Å². The normalized spacial score (nSPS) is 11.9. The highest BCUT2D eigenvalue weighted by Crippen LogP contribution is 1.99. The van der Waals surface area contributed by atoms with Crippen LogP contribution in [0.5, 0.6) is 0 Å². The van der Waals surface area contributed by atoms with Gasteiger partial charge in [0.2, 0.25) is 0 Å². The Hall–Kier alpha value is -0.830. The minimum atomic E-state index is -0.263. The molecule has 12 heavy (non-hydrogen) atoms. The molecule has 0 fully saturated rings. The van der Waals surface area contributed by atoms with Crippen LogP contribution in [0.3, 0.4) is 0 Å². The van der Waals surface area contributed by atoms with Crippen molar-refractivity contribution in [3.8, 4) is 0 Å². The Balaban J connectivity index is 3.98. The standard InChI is InChI=1S/C9H17NO2/c1-5-8(4)9(11)12-10(6-2)7-3/h5H,6-7H2,1-4H3. The third-order valence-electron chi connectivity index (χ3n) is 1.67. The lowest BCUT2D eigenvalue weighted by Gasteiger charge is -2.16. The fourth-order valence-corrected chi connectivity index (χ4v) is 0.660. The molecule has 0 heterocycles. The molecule has 0 amide bonds. The predicted molar refractivity (Wildman–Crippen MR) is 48.4 cm³/mol. The van der Waals surface area contributed by atoms with Gasteiger partial charge in [-0.3, -0.25) is 0 Å². The molecule has 3 nitrogen and oxygen atoms in total. The summed E-state index contributed by atoms with van der Waals surface area (Å²) in [7, 11) is 0. The fourth-order valence-electron chi connectivity index (χ4n) is 0.660. The molecule has 0 rings (SSSR count). The zero-order chi connectivity index (χ0) is 9.56. The molecule has 0 N–H and O–H groups in total. The van der Waals surface area contributed by atoms with E-state index in [1.165, 1.54) is 0 Å². The third-order valence-corrected chi connectivity index (χ3v) is 1.67. The Morgan fingerprint density at radius 3 is 2.25 bits per heavy atom. The molecule has 3 heteroatoms. The monoisotopic (exact) mass is 171 g/mol. The highest BCUT2D eigenvalue weighted by molar-refractivity contribution is 5.87. The van der Waals surface area contributed by atoms with Crippen LogP contribution in [-0.4, -0.2) is 24.1 Å². The molecule has 0 radical (unpaired) electrons. The first-order chi connectivity index (χ1) is 5.65. The lowest BCUT2D eigenvalue weighted by Crippen LogP contribution is -2.27. The van der Waals surface area contributed by atoms with Crippen molar-refractivity contribution in [1.29, 1.82) is 0 Å². The smallest absolute Gasteiger partial charge is 0.352 e. The van der Waals surface area contributed by atoms with E-state index in [0.29, 0.717) is 5.57 Å². The van der Waals surface area contributed by atoms with Crippen molar-refractivity contribution < 1.29 is 9.63 Å². The lowest BCUT2D eigenvalue weighted by molar-refractivity contribution is -0.183. The van der Waals surface area contributed by atoms with E-state index >= 15 is 0 Å². The number of allylic oxidation sites excluding steroid dienone is 1. The number of rotatable bonds is 4. The van der Waals surface area contributed by atoms with Crippen LogP contribution in [0.25, 0.3) is 0 Å². The molecule has 0 aromatic carbocycles. The van der Waals surface area contributed by atoms with Gasteiger partial charge >= 0.3 is 5.97 Å². The van der Waals surface area contributed by atoms with E-state index in [-0.39, 0.29) is 5.97 Å². The van der Waals surface area contributed by atoms with Crippen LogP contribution in [-0.2, 0) is 9.63 Å². The molecule has 0 aromatic rings. The second-order valence-electron chi connectivity index (χ2n) is 2.46. The Morgan fingerprint density at radius 1 is 1.42 bits per heavy atom. The maximum absolute atomic E-state index is 11.2. The molecule has 0 aromatic heterocycles. The summed E-state index contributed by atoms with van der Waals surface area (Å²) < 4.78 is 0. The van der Waals surface area contributed by atoms with Gasteiger partial charge in [0.05, 0.1) is 0 Å². The van der Waals surface area contributed by atoms with Gasteiger partial charge in [-0.1, -0.05) is 6.08 Å². The first-order valence-corrected chi connectivity index (χ1v) is 4.25. The Kier molecular flexibility index (Phi) is 5.37. The largest absolute Gasteiger partial charge is 0.364 e. The van der Waals surface area contributed by atoms with E-state index in [4.69, 9.17) is 4.84 Å². The van der Waals surface area contributed by atoms with Crippen LogP contribution in [0.4, 0.5) is 0 Å². The summed E-state index contributed by atoms with van der Waals surface area (Å²) in [6.07, 6.45) is 1.74. The number of carbonyl (C=O) groups excluding carboxylic acids is 1. The number of nitrogens with zero attached hydrogens (tertiary/aromatic N) is 1. The molecular formula is C9H17NO2. The van der Waals surface area contributed by atoms with Crippen LogP contribution < -0.4 is 0 Å². The van der Waals surface area contributed by atoms with E-state index < -0.39 is 0 Å². The Labute approximate surface area is 74.0 Å². The molecule has 0 atom stereocenters. The van der Waals surface area contributed by atoms with Gasteiger partial charge in [0, 0.05) is 18.7 Å². The van der Waals surface area contributed by atoms with Crippen LogP contribution in [0.2, 0.25) is 0 Å². The van der Waals surface area contributed by atoms with Crippen LogP contribution in [0, 0.1) is 0 Å². The minimum absolute atomic E-state index is 0.263. The summed E-state index contributed by atoms with van der Waals surface area (Å²) in [4.78, 5) is 16.2. The molecule has 70 valence electrons. The maximum Gasteiger partial charge on any atom is 0.352 e. The van der Waals surface area contributed by atoms with Crippen molar-refractivity contribution in [2.45, 2.75) is 27.7 Å². The first-order valence-electron chi connectivity index (χ1n) is 4.25. The third kappa shape index (κ3) is 3.53. The molecule has 0 spiro atoms. The number of hydroxylamine groups is 2. The average Bonchev–Trinajstić information content (AvgIpc) is 2.12. The van der Waals surface area contributed by atoms with Gasteiger partial charge in [-0.05, 0) is 27.7 Å². The van der Waals surface area contributed by atoms with Crippen molar-refractivity contribution in [2.24, 2.45) is 0 Å². The van der Waals surface area contributed by atoms with Crippen LogP contribution in [0.15, 0.2) is 11.6 Å². The summed E-state index contributed by atoms with van der Waals surface area (Å²) in [5.41, 5.74) is 0.641. The molecule has 0 bridgehead atoms. The summed E-state index contributed by atoms with van der Waals surface area (Å²) >= 11 is 0. The zero-order valence-electron chi connectivity index (χ0n) is 8.26. The first kappa shape index (κ1) is 11.2. The van der Waals surface area contributed by atoms with E-state index in [1.54, 1.807) is 18.1 Å². The fraction of sp³-hybridized carbons (Fsp3) is 0.667. The van der Waals surface area contributed by atoms with Crippen molar-refractivity contribution in [1.82, 2.24) is 5.06 Å². The maximum atomic E-state index is 11.2. The SMILES string of the molecule is CC=C(C)C(=O)ON(CC)CC. The van der Waals surface area contributed by atoms with Crippen molar-refractivity contribution in [3.05, 3.63) is 11.6 Å². The van der Waals surface area contributed by atoms with E-state index in [9.17, 15) is 4.79 Å². The summed E-state index contributed by atoms with van der Waals surface area (Å²) in [5, 5.41) is 1.62. The van der Waals surface area contributed by atoms with Gasteiger partial charge in [-0.15, -0.1) is 5.06 Å². The molecule has 0 saturated carbocycles. The molecule has 0 aliphatic rings. The van der Waals surface area contributed by atoms with Crippen molar-refractivity contribution >= 4 is 5.97 Å². The second kappa shape index (κ2) is 5.77.